The molecule has 108 valence electrons. The van der Waals surface area contributed by atoms with Crippen molar-refractivity contribution in [2.75, 3.05) is 20.3 Å². The third-order valence-corrected chi connectivity index (χ3v) is 3.32. The van der Waals surface area contributed by atoms with E-state index in [4.69, 9.17) is 14.3 Å². The third-order valence-electron chi connectivity index (χ3n) is 3.32. The standard InChI is InChI=1S/C14H23NO4/c1-5-11(3)15(6-7-18-4)9-12-8-10(2)13(19-12)14(16)17/h8,11H,5-7,9H2,1-4H3,(H,16,17). The molecule has 1 N–H and O–H groups in total. The molecule has 5 heteroatoms. The van der Waals surface area contributed by atoms with Crippen molar-refractivity contribution in [3.05, 3.63) is 23.2 Å². The number of carboxylic acids is 1. The van der Waals surface area contributed by atoms with Crippen molar-refractivity contribution in [1.29, 1.82) is 0 Å². The maximum atomic E-state index is 11.0. The van der Waals surface area contributed by atoms with Gasteiger partial charge in [0.25, 0.3) is 0 Å². The van der Waals surface area contributed by atoms with E-state index in [1.165, 1.54) is 0 Å². The predicted octanol–water partition coefficient (Wildman–Crippen LogP) is 2.53. The molecule has 0 fully saturated rings. The Labute approximate surface area is 114 Å². The number of hydrogen-bond donors (Lipinski definition) is 1. The van der Waals surface area contributed by atoms with Crippen LogP contribution in [-0.2, 0) is 11.3 Å². The average molecular weight is 269 g/mol. The molecule has 0 bridgehead atoms. The van der Waals surface area contributed by atoms with Gasteiger partial charge in [0.1, 0.15) is 5.76 Å². The quantitative estimate of drug-likeness (QED) is 0.785. The topological polar surface area (TPSA) is 62.9 Å². The molecule has 1 aromatic heterocycles. The second-order valence-electron chi connectivity index (χ2n) is 4.75. The molecule has 0 aliphatic heterocycles. The van der Waals surface area contributed by atoms with Crippen molar-refractivity contribution >= 4 is 5.97 Å². The van der Waals surface area contributed by atoms with E-state index < -0.39 is 5.97 Å². The fraction of sp³-hybridized carbons (Fsp3) is 0.643. The minimum Gasteiger partial charge on any atom is -0.475 e. The van der Waals surface area contributed by atoms with E-state index in [9.17, 15) is 4.79 Å². The molecule has 0 aromatic carbocycles. The summed E-state index contributed by atoms with van der Waals surface area (Å²) >= 11 is 0. The minimum atomic E-state index is -1.02. The first-order valence-corrected chi connectivity index (χ1v) is 6.55. The molecule has 0 spiro atoms. The van der Waals surface area contributed by atoms with Crippen molar-refractivity contribution in [3.8, 4) is 0 Å². The lowest BCUT2D eigenvalue weighted by Gasteiger charge is -2.27. The van der Waals surface area contributed by atoms with Crippen LogP contribution in [0.5, 0.6) is 0 Å². The summed E-state index contributed by atoms with van der Waals surface area (Å²) in [6.45, 7) is 8.07. The van der Waals surface area contributed by atoms with Crippen LogP contribution in [0.2, 0.25) is 0 Å². The highest BCUT2D eigenvalue weighted by Gasteiger charge is 2.18. The third kappa shape index (κ3) is 4.36. The number of ether oxygens (including phenoxy) is 1. The Hall–Kier alpha value is -1.33. The number of carbonyl (C=O) groups is 1. The summed E-state index contributed by atoms with van der Waals surface area (Å²) < 4.78 is 10.5. The molecule has 0 aliphatic rings. The lowest BCUT2D eigenvalue weighted by molar-refractivity contribution is 0.0653. The number of carboxylic acid groups (broad SMARTS) is 1. The van der Waals surface area contributed by atoms with Crippen molar-refractivity contribution < 1.29 is 19.1 Å². The van der Waals surface area contributed by atoms with Gasteiger partial charge in [-0.3, -0.25) is 4.90 Å². The summed E-state index contributed by atoms with van der Waals surface area (Å²) in [5.41, 5.74) is 0.665. The zero-order valence-electron chi connectivity index (χ0n) is 12.1. The molecule has 1 unspecified atom stereocenters. The van der Waals surface area contributed by atoms with Gasteiger partial charge in [-0.15, -0.1) is 0 Å². The predicted molar refractivity (Wildman–Crippen MR) is 72.4 cm³/mol. The second-order valence-corrected chi connectivity index (χ2v) is 4.75. The molecule has 5 nitrogen and oxygen atoms in total. The Bertz CT molecular complexity index is 414. The number of hydrogen-bond acceptors (Lipinski definition) is 4. The maximum Gasteiger partial charge on any atom is 0.372 e. The molecular formula is C14H23NO4. The van der Waals surface area contributed by atoms with Crippen molar-refractivity contribution in [3.63, 3.8) is 0 Å². The number of nitrogens with zero attached hydrogens (tertiary/aromatic N) is 1. The van der Waals surface area contributed by atoms with Gasteiger partial charge in [-0.05, 0) is 26.3 Å². The van der Waals surface area contributed by atoms with Gasteiger partial charge >= 0.3 is 5.97 Å². The Balaban J connectivity index is 2.77. The summed E-state index contributed by atoms with van der Waals surface area (Å²) in [7, 11) is 1.67. The van der Waals surface area contributed by atoms with Crippen LogP contribution >= 0.6 is 0 Å². The Morgan fingerprint density at radius 2 is 2.26 bits per heavy atom. The highest BCUT2D eigenvalue weighted by atomic mass is 16.5. The highest BCUT2D eigenvalue weighted by molar-refractivity contribution is 5.86. The van der Waals surface area contributed by atoms with E-state index in [-0.39, 0.29) is 5.76 Å². The molecule has 0 aliphatic carbocycles. The van der Waals surface area contributed by atoms with Crippen LogP contribution in [-0.4, -0.2) is 42.3 Å². The maximum absolute atomic E-state index is 11.0. The molecule has 19 heavy (non-hydrogen) atoms. The molecule has 0 amide bonds. The number of aryl methyl sites for hydroxylation is 1. The zero-order valence-corrected chi connectivity index (χ0v) is 12.1. The molecule has 0 radical (unpaired) electrons. The van der Waals surface area contributed by atoms with Gasteiger partial charge in [-0.2, -0.15) is 0 Å². The van der Waals surface area contributed by atoms with Crippen LogP contribution < -0.4 is 0 Å². The molecule has 1 heterocycles. The lowest BCUT2D eigenvalue weighted by atomic mass is 10.2. The number of furan rings is 1. The van der Waals surface area contributed by atoms with Crippen LogP contribution in [0.3, 0.4) is 0 Å². The van der Waals surface area contributed by atoms with Gasteiger partial charge in [-0.25, -0.2) is 4.79 Å². The monoisotopic (exact) mass is 269 g/mol. The fourth-order valence-corrected chi connectivity index (χ4v) is 1.96. The van der Waals surface area contributed by atoms with Crippen molar-refractivity contribution in [2.24, 2.45) is 0 Å². The molecule has 0 saturated heterocycles. The molecule has 1 rings (SSSR count). The Morgan fingerprint density at radius 3 is 2.74 bits per heavy atom. The Morgan fingerprint density at radius 1 is 1.58 bits per heavy atom. The SMILES string of the molecule is CCC(C)N(CCOC)Cc1cc(C)c(C(=O)O)o1. The van der Waals surface area contributed by atoms with E-state index in [2.05, 4.69) is 18.7 Å². The van der Waals surface area contributed by atoms with Gasteiger partial charge in [-0.1, -0.05) is 6.92 Å². The fourth-order valence-electron chi connectivity index (χ4n) is 1.96. The van der Waals surface area contributed by atoms with E-state index >= 15 is 0 Å². The smallest absolute Gasteiger partial charge is 0.372 e. The van der Waals surface area contributed by atoms with Gasteiger partial charge in [0.2, 0.25) is 5.76 Å². The number of aromatic carboxylic acids is 1. The highest BCUT2D eigenvalue weighted by Crippen LogP contribution is 2.18. The summed E-state index contributed by atoms with van der Waals surface area (Å²) in [6, 6.07) is 2.19. The van der Waals surface area contributed by atoms with E-state index in [1.807, 2.05) is 0 Å². The second kappa shape index (κ2) is 7.31. The Kier molecular flexibility index (Phi) is 6.05. The molecule has 0 saturated carbocycles. The summed E-state index contributed by atoms with van der Waals surface area (Å²) in [4.78, 5) is 13.2. The molecule has 1 aromatic rings. The summed E-state index contributed by atoms with van der Waals surface area (Å²) in [6.07, 6.45) is 1.02. The summed E-state index contributed by atoms with van der Waals surface area (Å²) in [5, 5.41) is 8.98. The normalized spacial score (nSPS) is 12.9. The number of rotatable bonds is 8. The van der Waals surface area contributed by atoms with Crippen LogP contribution in [0.4, 0.5) is 0 Å². The number of methoxy groups -OCH3 is 1. The van der Waals surface area contributed by atoms with E-state index in [1.54, 1.807) is 20.1 Å². The van der Waals surface area contributed by atoms with Crippen LogP contribution in [0, 0.1) is 6.92 Å². The summed E-state index contributed by atoms with van der Waals surface area (Å²) in [5.74, 6) is -0.298. The van der Waals surface area contributed by atoms with E-state index in [0.29, 0.717) is 30.5 Å². The lowest BCUT2D eigenvalue weighted by Crippen LogP contribution is -2.34. The van der Waals surface area contributed by atoms with Crippen LogP contribution in [0.25, 0.3) is 0 Å². The minimum absolute atomic E-state index is 0.0332. The first kappa shape index (κ1) is 15.7. The largest absolute Gasteiger partial charge is 0.475 e. The van der Waals surface area contributed by atoms with Gasteiger partial charge in [0.15, 0.2) is 0 Å². The van der Waals surface area contributed by atoms with Gasteiger partial charge in [0, 0.05) is 25.3 Å². The van der Waals surface area contributed by atoms with Gasteiger partial charge in [0.05, 0.1) is 13.2 Å². The molecule has 1 atom stereocenters. The zero-order chi connectivity index (χ0) is 14.4. The first-order valence-electron chi connectivity index (χ1n) is 6.55. The van der Waals surface area contributed by atoms with Crippen LogP contribution in [0.1, 0.15) is 42.1 Å². The molecular weight excluding hydrogens is 246 g/mol. The first-order chi connectivity index (χ1) is 8.99. The van der Waals surface area contributed by atoms with Crippen molar-refractivity contribution in [1.82, 2.24) is 4.90 Å². The van der Waals surface area contributed by atoms with Crippen LogP contribution in [0.15, 0.2) is 10.5 Å². The average Bonchev–Trinajstić information content (AvgIpc) is 2.74. The van der Waals surface area contributed by atoms with Crippen molar-refractivity contribution in [2.45, 2.75) is 39.8 Å². The van der Waals surface area contributed by atoms with E-state index in [0.717, 1.165) is 13.0 Å². The van der Waals surface area contributed by atoms with Gasteiger partial charge < -0.3 is 14.3 Å².